The summed E-state index contributed by atoms with van der Waals surface area (Å²) in [6, 6.07) is 9.71. The minimum absolute atomic E-state index is 0.0809. The van der Waals surface area contributed by atoms with Gasteiger partial charge < -0.3 is 10.1 Å². The molecule has 0 aliphatic carbocycles. The van der Waals surface area contributed by atoms with Crippen molar-refractivity contribution in [1.29, 1.82) is 0 Å². The highest BCUT2D eigenvalue weighted by atomic mass is 16.2. The Morgan fingerprint density at radius 2 is 1.91 bits per heavy atom. The second-order valence-electron chi connectivity index (χ2n) is 5.08. The minimum atomic E-state index is -0.914. The number of hydrogen-bond donors (Lipinski definition) is 0. The predicted octanol–water partition coefficient (Wildman–Crippen LogP) is 1.28. The van der Waals surface area contributed by atoms with Gasteiger partial charge in [0.2, 0.25) is 11.7 Å². The van der Waals surface area contributed by atoms with E-state index in [0.717, 1.165) is 22.7 Å². The molecule has 2 aromatic rings. The number of imide groups is 1. The number of Topliss-reactive ketones (excluding diaryl/α,β-unsaturated/α-hetero) is 1. The van der Waals surface area contributed by atoms with Crippen LogP contribution in [0.2, 0.25) is 0 Å². The second-order valence-corrected chi connectivity index (χ2v) is 5.08. The molecule has 0 fully saturated rings. The maximum Gasteiger partial charge on any atom is 0.421 e. The molecule has 1 heterocycles. The Morgan fingerprint density at radius 1 is 1.22 bits per heavy atom. The van der Waals surface area contributed by atoms with Crippen LogP contribution in [0.3, 0.4) is 0 Å². The van der Waals surface area contributed by atoms with Gasteiger partial charge in [-0.05, 0) is 17.5 Å². The van der Waals surface area contributed by atoms with E-state index in [-0.39, 0.29) is 6.42 Å². The van der Waals surface area contributed by atoms with Crippen molar-refractivity contribution in [2.75, 3.05) is 7.05 Å². The van der Waals surface area contributed by atoms with Crippen LogP contribution in [0.25, 0.3) is 16.4 Å². The van der Waals surface area contributed by atoms with E-state index < -0.39 is 23.3 Å². The fourth-order valence-electron chi connectivity index (χ4n) is 2.26. The predicted molar refractivity (Wildman–Crippen MR) is 83.6 cm³/mol. The van der Waals surface area contributed by atoms with Crippen molar-refractivity contribution in [3.63, 3.8) is 0 Å². The topological polar surface area (TPSA) is 95.8 Å². The smallest absolute Gasteiger partial charge is 0.360 e. The van der Waals surface area contributed by atoms with Crippen molar-refractivity contribution >= 4 is 34.2 Å². The van der Waals surface area contributed by atoms with Crippen LogP contribution in [0.1, 0.15) is 13.3 Å². The number of fused-ring (bicyclic) bond motifs is 1. The van der Waals surface area contributed by atoms with Crippen LogP contribution in [0.4, 0.5) is 0 Å². The van der Waals surface area contributed by atoms with Gasteiger partial charge in [0.1, 0.15) is 0 Å². The molecule has 7 nitrogen and oxygen atoms in total. The Labute approximate surface area is 132 Å². The SMILES string of the molecule is CC(=O)C(=[N+]=[N-])C(=O)N(C)C(=O)CCn1ccc2ccccc21. The van der Waals surface area contributed by atoms with E-state index in [9.17, 15) is 14.4 Å². The van der Waals surface area contributed by atoms with Crippen LogP contribution < -0.4 is 0 Å². The fraction of sp³-hybridized carbons (Fsp3) is 0.250. The first-order chi connectivity index (χ1) is 11.0. The minimum Gasteiger partial charge on any atom is -0.360 e. The molecule has 0 bridgehead atoms. The summed E-state index contributed by atoms with van der Waals surface area (Å²) in [7, 11) is 1.26. The summed E-state index contributed by atoms with van der Waals surface area (Å²) in [4.78, 5) is 38.7. The second kappa shape index (κ2) is 6.81. The molecule has 7 heteroatoms. The number of benzene rings is 1. The van der Waals surface area contributed by atoms with E-state index in [4.69, 9.17) is 5.53 Å². The molecule has 0 atom stereocenters. The first kappa shape index (κ1) is 16.3. The first-order valence-corrected chi connectivity index (χ1v) is 7.03. The first-order valence-electron chi connectivity index (χ1n) is 7.03. The van der Waals surface area contributed by atoms with Crippen molar-refractivity contribution in [2.45, 2.75) is 19.9 Å². The monoisotopic (exact) mass is 312 g/mol. The van der Waals surface area contributed by atoms with Crippen molar-refractivity contribution in [3.05, 3.63) is 42.1 Å². The number of aromatic nitrogens is 1. The number of amides is 2. The third kappa shape index (κ3) is 3.41. The van der Waals surface area contributed by atoms with Gasteiger partial charge in [0.25, 0.3) is 0 Å². The van der Waals surface area contributed by atoms with E-state index in [1.54, 1.807) is 0 Å². The summed E-state index contributed by atoms with van der Waals surface area (Å²) in [5.74, 6) is -2.08. The molecule has 1 aromatic heterocycles. The Kier molecular flexibility index (Phi) is 4.83. The molecular formula is C16H16N4O3. The number of hydrogen-bond acceptors (Lipinski definition) is 3. The highest BCUT2D eigenvalue weighted by Gasteiger charge is 2.31. The van der Waals surface area contributed by atoms with E-state index >= 15 is 0 Å². The summed E-state index contributed by atoms with van der Waals surface area (Å²) in [5, 5.41) is 1.07. The summed E-state index contributed by atoms with van der Waals surface area (Å²) in [6.45, 7) is 1.49. The van der Waals surface area contributed by atoms with Crippen LogP contribution in [0, 0.1) is 0 Å². The molecule has 0 N–H and O–H groups in total. The van der Waals surface area contributed by atoms with Crippen molar-refractivity contribution in [3.8, 4) is 0 Å². The van der Waals surface area contributed by atoms with E-state index in [2.05, 4.69) is 4.79 Å². The molecule has 0 aliphatic rings. The van der Waals surface area contributed by atoms with Gasteiger partial charge >= 0.3 is 11.6 Å². The van der Waals surface area contributed by atoms with Crippen molar-refractivity contribution < 1.29 is 19.2 Å². The normalized spacial score (nSPS) is 10.2. The lowest BCUT2D eigenvalue weighted by Gasteiger charge is -2.13. The van der Waals surface area contributed by atoms with Crippen LogP contribution >= 0.6 is 0 Å². The number of para-hydroxylation sites is 1. The Balaban J connectivity index is 2.06. The summed E-state index contributed by atoms with van der Waals surface area (Å²) < 4.78 is 1.91. The molecule has 2 amide bonds. The number of ketones is 1. The fourth-order valence-corrected chi connectivity index (χ4v) is 2.26. The number of nitrogens with zero attached hydrogens (tertiary/aromatic N) is 4. The summed E-state index contributed by atoms with van der Waals surface area (Å²) >= 11 is 0. The zero-order valence-electron chi connectivity index (χ0n) is 12.9. The number of carbonyl (C=O) groups excluding carboxylic acids is 3. The average Bonchev–Trinajstić information content (AvgIpc) is 2.95. The maximum atomic E-state index is 12.1. The third-order valence-corrected chi connectivity index (χ3v) is 3.56. The van der Waals surface area contributed by atoms with Crippen LogP contribution in [0.5, 0.6) is 0 Å². The molecule has 2 rings (SSSR count). The Morgan fingerprint density at radius 3 is 2.57 bits per heavy atom. The molecule has 0 aliphatic heterocycles. The van der Waals surface area contributed by atoms with Gasteiger partial charge in [0.15, 0.2) is 0 Å². The van der Waals surface area contributed by atoms with Gasteiger partial charge in [-0.3, -0.25) is 19.3 Å². The zero-order chi connectivity index (χ0) is 17.0. The molecule has 0 spiro atoms. The van der Waals surface area contributed by atoms with Crippen LogP contribution in [-0.2, 0) is 20.9 Å². The van der Waals surface area contributed by atoms with Gasteiger partial charge in [-0.2, -0.15) is 4.79 Å². The van der Waals surface area contributed by atoms with Crippen LogP contribution in [0.15, 0.2) is 36.5 Å². The summed E-state index contributed by atoms with van der Waals surface area (Å²) in [5.41, 5.74) is 9.04. The number of carbonyl (C=O) groups is 3. The molecule has 23 heavy (non-hydrogen) atoms. The quantitative estimate of drug-likeness (QED) is 0.360. The molecule has 0 unspecified atom stereocenters. The standard InChI is InChI=1S/C16H16N4O3/c1-11(21)15(18-17)16(23)19(2)14(22)8-10-20-9-7-12-5-3-4-6-13(12)20/h3-7,9H,8,10H2,1-2H3. The lowest BCUT2D eigenvalue weighted by atomic mass is 10.2. The van der Waals surface area contributed by atoms with E-state index in [1.807, 2.05) is 41.1 Å². The molecule has 118 valence electrons. The Bertz CT molecular complexity index is 831. The largest absolute Gasteiger partial charge is 0.421 e. The summed E-state index contributed by atoms with van der Waals surface area (Å²) in [6.07, 6.45) is 1.95. The molecular weight excluding hydrogens is 296 g/mol. The van der Waals surface area contributed by atoms with E-state index in [1.165, 1.54) is 7.05 Å². The maximum absolute atomic E-state index is 12.1. The number of aryl methyl sites for hydroxylation is 1. The highest BCUT2D eigenvalue weighted by molar-refractivity contribution is 6.63. The highest BCUT2D eigenvalue weighted by Crippen LogP contribution is 2.15. The average molecular weight is 312 g/mol. The Hall–Kier alpha value is -3.05. The van der Waals surface area contributed by atoms with Gasteiger partial charge in [0.05, 0.1) is 0 Å². The van der Waals surface area contributed by atoms with Crippen LogP contribution in [-0.4, -0.2) is 44.6 Å². The van der Waals surface area contributed by atoms with Gasteiger partial charge in [-0.1, -0.05) is 18.2 Å². The van der Waals surface area contributed by atoms with Crippen molar-refractivity contribution in [2.24, 2.45) is 0 Å². The molecule has 1 aromatic carbocycles. The molecule has 0 saturated heterocycles. The van der Waals surface area contributed by atoms with Gasteiger partial charge in [-0.25, -0.2) is 0 Å². The lowest BCUT2D eigenvalue weighted by Crippen LogP contribution is -2.41. The number of rotatable bonds is 5. The molecule has 0 saturated carbocycles. The van der Waals surface area contributed by atoms with E-state index in [0.29, 0.717) is 6.54 Å². The van der Waals surface area contributed by atoms with Crippen molar-refractivity contribution in [1.82, 2.24) is 9.47 Å². The van der Waals surface area contributed by atoms with Gasteiger partial charge in [-0.15, -0.1) is 0 Å². The van der Waals surface area contributed by atoms with Gasteiger partial charge in [0, 0.05) is 38.7 Å². The zero-order valence-corrected chi connectivity index (χ0v) is 12.9. The lowest BCUT2D eigenvalue weighted by molar-refractivity contribution is -0.142. The third-order valence-electron chi connectivity index (χ3n) is 3.56. The molecule has 0 radical (unpaired) electrons.